The van der Waals surface area contributed by atoms with Gasteiger partial charge in [-0.05, 0) is 49.1 Å². The Labute approximate surface area is 165 Å². The van der Waals surface area contributed by atoms with Gasteiger partial charge in [0.1, 0.15) is 12.1 Å². The van der Waals surface area contributed by atoms with Crippen molar-refractivity contribution in [1.82, 2.24) is 15.0 Å². The van der Waals surface area contributed by atoms with Crippen molar-refractivity contribution in [3.8, 4) is 11.1 Å². The fourth-order valence-corrected chi connectivity index (χ4v) is 4.03. The van der Waals surface area contributed by atoms with Crippen LogP contribution in [0.2, 0.25) is 0 Å². The van der Waals surface area contributed by atoms with Crippen LogP contribution in [0.25, 0.3) is 11.1 Å². The Morgan fingerprint density at radius 3 is 2.36 bits per heavy atom. The maximum absolute atomic E-state index is 11.2. The highest BCUT2D eigenvalue weighted by Gasteiger charge is 2.44. The highest BCUT2D eigenvalue weighted by Crippen LogP contribution is 2.49. The molecule has 3 heterocycles. The van der Waals surface area contributed by atoms with E-state index in [0.29, 0.717) is 5.92 Å². The molecule has 3 aromatic rings. The molecule has 1 aliphatic carbocycles. The first kappa shape index (κ1) is 17.3. The number of hydrogen-bond acceptors (Lipinski definition) is 5. The quantitative estimate of drug-likeness (QED) is 0.735. The highest BCUT2D eigenvalue weighted by molar-refractivity contribution is 5.78. The summed E-state index contributed by atoms with van der Waals surface area (Å²) in [7, 11) is 0. The van der Waals surface area contributed by atoms with Crippen molar-refractivity contribution < 1.29 is 5.11 Å². The van der Waals surface area contributed by atoms with Gasteiger partial charge in [0.2, 0.25) is 0 Å². The maximum atomic E-state index is 11.2. The number of anilines is 2. The van der Waals surface area contributed by atoms with E-state index in [2.05, 4.69) is 59.1 Å². The molecule has 0 spiro atoms. The van der Waals surface area contributed by atoms with E-state index in [1.807, 2.05) is 30.4 Å². The van der Waals surface area contributed by atoms with Crippen molar-refractivity contribution in [1.29, 1.82) is 0 Å². The van der Waals surface area contributed by atoms with Gasteiger partial charge in [-0.25, -0.2) is 9.97 Å². The fraction of sp³-hybridized carbons (Fsp3) is 0.348. The molecule has 142 valence electrons. The molecular formula is C23H24N4O. The minimum atomic E-state index is -0.652. The lowest BCUT2D eigenvalue weighted by Gasteiger charge is -2.29. The van der Waals surface area contributed by atoms with E-state index in [1.165, 1.54) is 12.8 Å². The Bertz CT molecular complexity index is 1020. The number of benzene rings is 1. The van der Waals surface area contributed by atoms with Gasteiger partial charge in [0.15, 0.2) is 0 Å². The summed E-state index contributed by atoms with van der Waals surface area (Å²) in [4.78, 5) is 15.3. The molecule has 0 radical (unpaired) electrons. The van der Waals surface area contributed by atoms with Gasteiger partial charge in [-0.3, -0.25) is 4.98 Å². The number of aromatic nitrogens is 3. The second kappa shape index (κ2) is 6.11. The molecule has 0 amide bonds. The van der Waals surface area contributed by atoms with Gasteiger partial charge in [0.25, 0.3) is 0 Å². The third-order valence-electron chi connectivity index (χ3n) is 6.00. The molecule has 1 fully saturated rings. The summed E-state index contributed by atoms with van der Waals surface area (Å²) in [5.74, 6) is 1.37. The molecule has 5 rings (SSSR count). The lowest BCUT2D eigenvalue weighted by Crippen LogP contribution is -2.38. The molecule has 1 N–H and O–H groups in total. The van der Waals surface area contributed by atoms with Gasteiger partial charge < -0.3 is 10.0 Å². The summed E-state index contributed by atoms with van der Waals surface area (Å²) in [6.07, 6.45) is 7.39. The first-order valence-corrected chi connectivity index (χ1v) is 9.82. The second-order valence-electron chi connectivity index (χ2n) is 8.43. The summed E-state index contributed by atoms with van der Waals surface area (Å²) in [6, 6.07) is 10.5. The Hall–Kier alpha value is -2.79. The van der Waals surface area contributed by atoms with Crippen LogP contribution in [0.15, 0.2) is 48.9 Å². The van der Waals surface area contributed by atoms with Gasteiger partial charge in [-0.15, -0.1) is 0 Å². The standard InChI is InChI=1S/C23H24N4O/c1-14-24-11-17(12-25-14)16-6-8-19-21(10-16)27(22(28)23(19,2)3)18-7-9-20(26-13-18)15-4-5-15/h6-13,15,22,28H,4-5H2,1-3H3. The molecule has 2 aromatic heterocycles. The Morgan fingerprint density at radius 2 is 1.71 bits per heavy atom. The zero-order valence-corrected chi connectivity index (χ0v) is 16.4. The predicted octanol–water partition coefficient (Wildman–Crippen LogP) is 4.47. The molecule has 1 saturated carbocycles. The SMILES string of the molecule is Cc1ncc(-c2ccc3c(c2)N(c2ccc(C4CC4)nc2)C(O)C3(C)C)cn1. The Morgan fingerprint density at radius 1 is 0.964 bits per heavy atom. The Kier molecular flexibility index (Phi) is 3.78. The Balaban J connectivity index is 1.59. The average molecular weight is 372 g/mol. The number of rotatable bonds is 3. The van der Waals surface area contributed by atoms with Gasteiger partial charge >= 0.3 is 0 Å². The van der Waals surface area contributed by atoms with E-state index in [4.69, 9.17) is 0 Å². The zero-order valence-electron chi connectivity index (χ0n) is 16.4. The summed E-state index contributed by atoms with van der Waals surface area (Å²) in [6.45, 7) is 6.04. The molecular weight excluding hydrogens is 348 g/mol. The van der Waals surface area contributed by atoms with E-state index in [0.717, 1.165) is 39.6 Å². The smallest absolute Gasteiger partial charge is 0.140 e. The molecule has 0 bridgehead atoms. The van der Waals surface area contributed by atoms with E-state index < -0.39 is 6.23 Å². The van der Waals surface area contributed by atoms with E-state index in [-0.39, 0.29) is 5.41 Å². The van der Waals surface area contributed by atoms with Crippen molar-refractivity contribution in [2.75, 3.05) is 4.90 Å². The van der Waals surface area contributed by atoms with Crippen LogP contribution in [0.5, 0.6) is 0 Å². The second-order valence-corrected chi connectivity index (χ2v) is 8.43. The topological polar surface area (TPSA) is 62.1 Å². The first-order valence-electron chi connectivity index (χ1n) is 9.82. The van der Waals surface area contributed by atoms with Gasteiger partial charge in [-0.2, -0.15) is 0 Å². The molecule has 5 nitrogen and oxygen atoms in total. The number of fused-ring (bicyclic) bond motifs is 1. The van der Waals surface area contributed by atoms with Crippen molar-refractivity contribution in [3.63, 3.8) is 0 Å². The number of aliphatic hydroxyl groups is 1. The van der Waals surface area contributed by atoms with Crippen LogP contribution >= 0.6 is 0 Å². The minimum absolute atomic E-state index is 0.382. The zero-order chi connectivity index (χ0) is 19.5. The van der Waals surface area contributed by atoms with E-state index in [1.54, 1.807) is 0 Å². The van der Waals surface area contributed by atoms with E-state index >= 15 is 0 Å². The number of aliphatic hydroxyl groups excluding tert-OH is 1. The molecule has 1 unspecified atom stereocenters. The van der Waals surface area contributed by atoms with Crippen LogP contribution in [-0.4, -0.2) is 26.3 Å². The van der Waals surface area contributed by atoms with Crippen LogP contribution in [0.4, 0.5) is 11.4 Å². The lowest BCUT2D eigenvalue weighted by molar-refractivity contribution is 0.119. The van der Waals surface area contributed by atoms with Gasteiger partial charge in [0, 0.05) is 40.7 Å². The molecule has 1 aromatic carbocycles. The summed E-state index contributed by atoms with van der Waals surface area (Å²) in [5, 5.41) is 11.2. The normalized spacial score (nSPS) is 20.3. The molecule has 28 heavy (non-hydrogen) atoms. The van der Waals surface area contributed by atoms with Crippen LogP contribution in [-0.2, 0) is 5.41 Å². The van der Waals surface area contributed by atoms with Crippen molar-refractivity contribution in [2.45, 2.75) is 51.2 Å². The fourth-order valence-electron chi connectivity index (χ4n) is 4.03. The largest absolute Gasteiger partial charge is 0.372 e. The van der Waals surface area contributed by atoms with Gasteiger partial charge in [-0.1, -0.05) is 26.0 Å². The van der Waals surface area contributed by atoms with Crippen molar-refractivity contribution >= 4 is 11.4 Å². The lowest BCUT2D eigenvalue weighted by atomic mass is 9.85. The number of nitrogens with zero attached hydrogens (tertiary/aromatic N) is 4. The van der Waals surface area contributed by atoms with E-state index in [9.17, 15) is 5.11 Å². The average Bonchev–Trinajstić information content (AvgIpc) is 3.52. The summed E-state index contributed by atoms with van der Waals surface area (Å²) < 4.78 is 0. The number of pyridine rings is 1. The summed E-state index contributed by atoms with van der Waals surface area (Å²) >= 11 is 0. The van der Waals surface area contributed by atoms with Crippen molar-refractivity contribution in [3.05, 3.63) is 66.0 Å². The van der Waals surface area contributed by atoms with Crippen molar-refractivity contribution in [2.24, 2.45) is 0 Å². The third kappa shape index (κ3) is 2.69. The van der Waals surface area contributed by atoms with Gasteiger partial charge in [0.05, 0.1) is 11.9 Å². The predicted molar refractivity (Wildman–Crippen MR) is 110 cm³/mol. The molecule has 0 saturated heterocycles. The van der Waals surface area contributed by atoms with Crippen LogP contribution in [0, 0.1) is 6.92 Å². The molecule has 1 atom stereocenters. The maximum Gasteiger partial charge on any atom is 0.140 e. The molecule has 2 aliphatic rings. The summed E-state index contributed by atoms with van der Waals surface area (Å²) in [5.41, 5.74) is 5.83. The van der Waals surface area contributed by atoms with Crippen LogP contribution in [0.3, 0.4) is 0 Å². The molecule has 5 heteroatoms. The van der Waals surface area contributed by atoms with Crippen LogP contribution in [0.1, 0.15) is 49.7 Å². The highest BCUT2D eigenvalue weighted by atomic mass is 16.3. The molecule has 1 aliphatic heterocycles. The monoisotopic (exact) mass is 372 g/mol. The van der Waals surface area contributed by atoms with Crippen LogP contribution < -0.4 is 4.90 Å². The third-order valence-corrected chi connectivity index (χ3v) is 6.00. The number of hydrogen-bond donors (Lipinski definition) is 1. The number of aryl methyl sites for hydroxylation is 1. The minimum Gasteiger partial charge on any atom is -0.372 e. The first-order chi connectivity index (χ1) is 13.4.